The Morgan fingerprint density at radius 3 is 2.56 bits per heavy atom. The fourth-order valence-electron chi connectivity index (χ4n) is 2.30. The van der Waals surface area contributed by atoms with Crippen molar-refractivity contribution in [3.8, 4) is 0 Å². The Hall–Kier alpha value is -0.570. The Bertz CT molecular complexity index is 351. The van der Waals surface area contributed by atoms with Crippen LogP contribution in [0, 0.1) is 0 Å². The van der Waals surface area contributed by atoms with Gasteiger partial charge in [-0.1, -0.05) is 23.7 Å². The van der Waals surface area contributed by atoms with Gasteiger partial charge in [0.25, 0.3) is 0 Å². The molecule has 0 amide bonds. The van der Waals surface area contributed by atoms with Crippen molar-refractivity contribution in [3.63, 3.8) is 0 Å². The molecule has 0 saturated carbocycles. The number of benzene rings is 1. The second-order valence-corrected chi connectivity index (χ2v) is 5.13. The monoisotopic (exact) mass is 239 g/mol. The predicted molar refractivity (Wildman–Crippen MR) is 66.7 cm³/mol. The summed E-state index contributed by atoms with van der Waals surface area (Å²) >= 11 is 5.86. The van der Waals surface area contributed by atoms with E-state index in [1.807, 2.05) is 24.3 Å². The van der Waals surface area contributed by atoms with Gasteiger partial charge in [0.15, 0.2) is 0 Å². The molecular weight excluding hydrogens is 222 g/mol. The first kappa shape index (κ1) is 11.9. The van der Waals surface area contributed by atoms with E-state index in [-0.39, 0.29) is 0 Å². The van der Waals surface area contributed by atoms with Crippen LogP contribution in [-0.2, 0) is 5.60 Å². The highest BCUT2D eigenvalue weighted by atomic mass is 35.5. The maximum atomic E-state index is 10.7. The summed E-state index contributed by atoms with van der Waals surface area (Å²) in [5.41, 5.74) is 0.321. The summed E-state index contributed by atoms with van der Waals surface area (Å²) in [5, 5.41) is 11.4. The first-order chi connectivity index (χ1) is 7.60. The number of nitrogens with zero attached hydrogens (tertiary/aromatic N) is 1. The van der Waals surface area contributed by atoms with Crippen molar-refractivity contribution < 1.29 is 5.11 Å². The van der Waals surface area contributed by atoms with E-state index in [2.05, 4.69) is 11.9 Å². The average molecular weight is 240 g/mol. The zero-order valence-corrected chi connectivity index (χ0v) is 10.4. The normalized spacial score (nSPS) is 27.7. The molecule has 0 aromatic heterocycles. The van der Waals surface area contributed by atoms with E-state index in [1.54, 1.807) is 0 Å². The number of hydrogen-bond acceptors (Lipinski definition) is 2. The molecule has 3 heteroatoms. The molecule has 1 saturated heterocycles. The third kappa shape index (κ3) is 2.57. The highest BCUT2D eigenvalue weighted by Crippen LogP contribution is 2.32. The highest BCUT2D eigenvalue weighted by Gasteiger charge is 2.30. The Morgan fingerprint density at radius 2 is 1.88 bits per heavy atom. The van der Waals surface area contributed by atoms with Gasteiger partial charge in [0.1, 0.15) is 0 Å². The summed E-state index contributed by atoms with van der Waals surface area (Å²) in [5.74, 6) is 0. The minimum atomic E-state index is -0.671. The smallest absolute Gasteiger partial charge is 0.0909 e. The van der Waals surface area contributed by atoms with Crippen molar-refractivity contribution in [2.24, 2.45) is 0 Å². The zero-order chi connectivity index (χ0) is 11.6. The lowest BCUT2D eigenvalue weighted by Crippen LogP contribution is -2.27. The molecule has 0 radical (unpaired) electrons. The van der Waals surface area contributed by atoms with Gasteiger partial charge in [-0.05, 0) is 50.6 Å². The molecule has 88 valence electrons. The number of rotatable bonds is 1. The van der Waals surface area contributed by atoms with E-state index < -0.39 is 5.60 Å². The largest absolute Gasteiger partial charge is 0.385 e. The third-order valence-electron chi connectivity index (χ3n) is 3.42. The predicted octanol–water partition coefficient (Wildman–Crippen LogP) is 2.64. The second-order valence-electron chi connectivity index (χ2n) is 4.70. The molecular formula is C13H18ClNO. The van der Waals surface area contributed by atoms with Crippen LogP contribution in [0.1, 0.15) is 24.8 Å². The SMILES string of the molecule is CN1CCCC(O)(c2ccc(Cl)cc2)CC1. The van der Waals surface area contributed by atoms with E-state index in [9.17, 15) is 5.11 Å². The van der Waals surface area contributed by atoms with Gasteiger partial charge in [0, 0.05) is 11.6 Å². The second kappa shape index (κ2) is 4.74. The minimum absolute atomic E-state index is 0.671. The van der Waals surface area contributed by atoms with Gasteiger partial charge in [-0.2, -0.15) is 0 Å². The summed E-state index contributed by atoms with van der Waals surface area (Å²) in [6.45, 7) is 2.01. The molecule has 16 heavy (non-hydrogen) atoms. The van der Waals surface area contributed by atoms with Crippen molar-refractivity contribution in [2.75, 3.05) is 20.1 Å². The lowest BCUT2D eigenvalue weighted by molar-refractivity contribution is 0.0218. The molecule has 1 aliphatic heterocycles. The van der Waals surface area contributed by atoms with Gasteiger partial charge in [-0.15, -0.1) is 0 Å². The summed E-state index contributed by atoms with van der Waals surface area (Å²) in [7, 11) is 2.10. The summed E-state index contributed by atoms with van der Waals surface area (Å²) in [6, 6.07) is 7.58. The van der Waals surface area contributed by atoms with Gasteiger partial charge in [-0.3, -0.25) is 0 Å². The lowest BCUT2D eigenvalue weighted by atomic mass is 9.87. The molecule has 1 heterocycles. The standard InChI is InChI=1S/C13H18ClNO/c1-15-9-2-7-13(16,8-10-15)11-3-5-12(14)6-4-11/h3-6,16H,2,7-10H2,1H3. The summed E-state index contributed by atoms with van der Waals surface area (Å²) < 4.78 is 0. The van der Waals surface area contributed by atoms with Crippen LogP contribution in [0.3, 0.4) is 0 Å². The Balaban J connectivity index is 2.20. The molecule has 1 N–H and O–H groups in total. The molecule has 0 bridgehead atoms. The van der Waals surface area contributed by atoms with Gasteiger partial charge in [0.2, 0.25) is 0 Å². The van der Waals surface area contributed by atoms with Crippen LogP contribution in [0.5, 0.6) is 0 Å². The van der Waals surface area contributed by atoms with E-state index in [0.717, 1.165) is 42.9 Å². The Labute approximate surface area is 102 Å². The fourth-order valence-corrected chi connectivity index (χ4v) is 2.43. The van der Waals surface area contributed by atoms with E-state index in [1.165, 1.54) is 0 Å². The third-order valence-corrected chi connectivity index (χ3v) is 3.67. The first-order valence-electron chi connectivity index (χ1n) is 5.77. The van der Waals surface area contributed by atoms with Crippen molar-refractivity contribution in [1.29, 1.82) is 0 Å². The molecule has 1 aliphatic rings. The minimum Gasteiger partial charge on any atom is -0.385 e. The van der Waals surface area contributed by atoms with Crippen LogP contribution in [0.2, 0.25) is 5.02 Å². The molecule has 1 atom stereocenters. The molecule has 1 aromatic rings. The van der Waals surface area contributed by atoms with Gasteiger partial charge < -0.3 is 10.0 Å². The molecule has 2 nitrogen and oxygen atoms in total. The average Bonchev–Trinajstić information content (AvgIpc) is 2.43. The Kier molecular flexibility index (Phi) is 3.53. The van der Waals surface area contributed by atoms with Crippen molar-refractivity contribution in [2.45, 2.75) is 24.9 Å². The van der Waals surface area contributed by atoms with Crippen molar-refractivity contribution in [3.05, 3.63) is 34.9 Å². The maximum Gasteiger partial charge on any atom is 0.0909 e. The Morgan fingerprint density at radius 1 is 1.19 bits per heavy atom. The number of halogens is 1. The van der Waals surface area contributed by atoms with E-state index in [4.69, 9.17) is 11.6 Å². The van der Waals surface area contributed by atoms with Gasteiger partial charge in [0.05, 0.1) is 5.60 Å². The van der Waals surface area contributed by atoms with Crippen molar-refractivity contribution in [1.82, 2.24) is 4.90 Å². The summed E-state index contributed by atoms with van der Waals surface area (Å²) in [4.78, 5) is 2.27. The van der Waals surface area contributed by atoms with Crippen LogP contribution < -0.4 is 0 Å². The highest BCUT2D eigenvalue weighted by molar-refractivity contribution is 6.30. The summed E-state index contributed by atoms with van der Waals surface area (Å²) in [6.07, 6.45) is 2.67. The molecule has 0 aliphatic carbocycles. The lowest BCUT2D eigenvalue weighted by Gasteiger charge is -2.27. The van der Waals surface area contributed by atoms with Gasteiger partial charge >= 0.3 is 0 Å². The van der Waals surface area contributed by atoms with Crippen LogP contribution >= 0.6 is 11.6 Å². The molecule has 1 fully saturated rings. The van der Waals surface area contributed by atoms with Gasteiger partial charge in [-0.25, -0.2) is 0 Å². The van der Waals surface area contributed by atoms with Crippen molar-refractivity contribution >= 4 is 11.6 Å². The molecule has 1 unspecified atom stereocenters. The first-order valence-corrected chi connectivity index (χ1v) is 6.15. The molecule has 1 aromatic carbocycles. The molecule has 0 spiro atoms. The number of hydrogen-bond donors (Lipinski definition) is 1. The van der Waals surface area contributed by atoms with Crippen LogP contribution in [0.25, 0.3) is 0 Å². The van der Waals surface area contributed by atoms with Crippen LogP contribution in [-0.4, -0.2) is 30.1 Å². The van der Waals surface area contributed by atoms with Crippen LogP contribution in [0.15, 0.2) is 24.3 Å². The van der Waals surface area contributed by atoms with E-state index in [0.29, 0.717) is 0 Å². The topological polar surface area (TPSA) is 23.5 Å². The van der Waals surface area contributed by atoms with Crippen LogP contribution in [0.4, 0.5) is 0 Å². The number of aliphatic hydroxyl groups is 1. The molecule has 2 rings (SSSR count). The number of likely N-dealkylation sites (tertiary alicyclic amines) is 1. The fraction of sp³-hybridized carbons (Fsp3) is 0.538. The zero-order valence-electron chi connectivity index (χ0n) is 9.62. The maximum absolute atomic E-state index is 10.7. The quantitative estimate of drug-likeness (QED) is 0.815. The van der Waals surface area contributed by atoms with E-state index >= 15 is 0 Å².